The number of amides is 1. The van der Waals surface area contributed by atoms with Gasteiger partial charge in [-0.3, -0.25) is 0 Å². The summed E-state index contributed by atoms with van der Waals surface area (Å²) in [5.41, 5.74) is 0.104. The molecule has 0 aliphatic heterocycles. The Kier molecular flexibility index (Phi) is 7.82. The van der Waals surface area contributed by atoms with E-state index in [-0.39, 0.29) is 35.2 Å². The number of benzene rings is 1. The number of carbonyl (C=O) groups is 1. The van der Waals surface area contributed by atoms with E-state index in [4.69, 9.17) is 9.47 Å². The number of aromatic nitrogens is 1. The molecule has 1 amide bonds. The summed E-state index contributed by atoms with van der Waals surface area (Å²) in [4.78, 5) is 16.7. The maximum Gasteiger partial charge on any atom is 0.407 e. The van der Waals surface area contributed by atoms with Crippen LogP contribution in [0.25, 0.3) is 0 Å². The molecule has 1 aliphatic carbocycles. The van der Waals surface area contributed by atoms with Crippen molar-refractivity contribution in [2.75, 3.05) is 17.7 Å². The van der Waals surface area contributed by atoms with Gasteiger partial charge >= 0.3 is 6.09 Å². The fourth-order valence-corrected chi connectivity index (χ4v) is 3.80. The van der Waals surface area contributed by atoms with E-state index in [9.17, 15) is 14.4 Å². The quantitative estimate of drug-likeness (QED) is 0.479. The van der Waals surface area contributed by atoms with Crippen LogP contribution in [0.15, 0.2) is 30.3 Å². The minimum absolute atomic E-state index is 0.0131. The van der Waals surface area contributed by atoms with Crippen molar-refractivity contribution < 1.29 is 18.7 Å². The first-order valence-corrected chi connectivity index (χ1v) is 11.4. The average molecular weight is 470 g/mol. The molecule has 0 spiro atoms. The molecule has 1 aliphatic rings. The first kappa shape index (κ1) is 25.1. The van der Waals surface area contributed by atoms with Crippen LogP contribution in [0.2, 0.25) is 0 Å². The second-order valence-electron chi connectivity index (χ2n) is 9.48. The summed E-state index contributed by atoms with van der Waals surface area (Å²) in [7, 11) is 1.56. The van der Waals surface area contributed by atoms with Gasteiger partial charge in [0.1, 0.15) is 17.4 Å². The van der Waals surface area contributed by atoms with Gasteiger partial charge in [-0.05, 0) is 64.7 Å². The van der Waals surface area contributed by atoms with E-state index in [2.05, 4.69) is 20.9 Å². The number of anilines is 3. The van der Waals surface area contributed by atoms with Crippen LogP contribution in [0.4, 0.5) is 26.5 Å². The number of pyridine rings is 1. The van der Waals surface area contributed by atoms with Gasteiger partial charge in [-0.1, -0.05) is 12.5 Å². The molecule has 1 aromatic carbocycles. The van der Waals surface area contributed by atoms with Gasteiger partial charge < -0.3 is 25.4 Å². The van der Waals surface area contributed by atoms with E-state index in [0.29, 0.717) is 11.4 Å². The number of nitrogens with zero attached hydrogens (tertiary/aromatic N) is 2. The predicted molar refractivity (Wildman–Crippen MR) is 129 cm³/mol. The molecule has 0 radical (unpaired) electrons. The lowest BCUT2D eigenvalue weighted by Crippen LogP contribution is -2.51. The summed E-state index contributed by atoms with van der Waals surface area (Å²) in [6, 6.07) is 9.68. The standard InChI is InChI=1S/C25H32FN5O3/c1-15(28-24(32)34-25(2,3)4)21(16-8-6-9-16)30-23-20(26)12-17(14-27)22(31-23)29-18-10-7-11-19(13-18)33-5/h7,10-13,15-16,21H,6,8-9H2,1-5H3,(H,28,32)(H2,29,30,31)/t15-,21-/m0/s1. The smallest absolute Gasteiger partial charge is 0.407 e. The van der Waals surface area contributed by atoms with Crippen LogP contribution in [-0.4, -0.2) is 35.9 Å². The molecule has 0 unspecified atom stereocenters. The highest BCUT2D eigenvalue weighted by Gasteiger charge is 2.34. The van der Waals surface area contributed by atoms with Crippen molar-refractivity contribution in [1.29, 1.82) is 5.26 Å². The molecule has 34 heavy (non-hydrogen) atoms. The van der Waals surface area contributed by atoms with Crippen LogP contribution < -0.4 is 20.7 Å². The normalized spacial score (nSPS) is 15.3. The Morgan fingerprint density at radius 3 is 2.59 bits per heavy atom. The Balaban J connectivity index is 1.84. The van der Waals surface area contributed by atoms with Crippen molar-refractivity contribution in [1.82, 2.24) is 10.3 Å². The zero-order valence-electron chi connectivity index (χ0n) is 20.2. The number of methoxy groups -OCH3 is 1. The van der Waals surface area contributed by atoms with Crippen molar-refractivity contribution in [3.63, 3.8) is 0 Å². The van der Waals surface area contributed by atoms with Crippen LogP contribution in [0.1, 0.15) is 52.5 Å². The lowest BCUT2D eigenvalue weighted by Gasteiger charge is -2.38. The summed E-state index contributed by atoms with van der Waals surface area (Å²) in [6.07, 6.45) is 2.48. The van der Waals surface area contributed by atoms with Gasteiger partial charge in [0.15, 0.2) is 17.5 Å². The fourth-order valence-electron chi connectivity index (χ4n) is 3.80. The van der Waals surface area contributed by atoms with Crippen molar-refractivity contribution in [2.24, 2.45) is 5.92 Å². The third-order valence-corrected chi connectivity index (χ3v) is 5.67. The highest BCUT2D eigenvalue weighted by Crippen LogP contribution is 2.34. The van der Waals surface area contributed by atoms with Crippen LogP contribution in [0.5, 0.6) is 5.75 Å². The highest BCUT2D eigenvalue weighted by atomic mass is 19.1. The Labute approximate surface area is 199 Å². The van der Waals surface area contributed by atoms with Gasteiger partial charge in [-0.2, -0.15) is 5.26 Å². The average Bonchev–Trinajstić information content (AvgIpc) is 2.72. The number of hydrogen-bond acceptors (Lipinski definition) is 7. The zero-order valence-corrected chi connectivity index (χ0v) is 20.2. The molecule has 1 fully saturated rings. The van der Waals surface area contributed by atoms with E-state index >= 15 is 0 Å². The molecular weight excluding hydrogens is 437 g/mol. The van der Waals surface area contributed by atoms with Crippen LogP contribution in [0.3, 0.4) is 0 Å². The van der Waals surface area contributed by atoms with Crippen molar-refractivity contribution in [3.05, 3.63) is 41.7 Å². The van der Waals surface area contributed by atoms with Crippen LogP contribution in [-0.2, 0) is 4.74 Å². The minimum atomic E-state index is -0.637. The first-order valence-electron chi connectivity index (χ1n) is 11.4. The number of nitriles is 1. The van der Waals surface area contributed by atoms with Crippen molar-refractivity contribution >= 4 is 23.4 Å². The van der Waals surface area contributed by atoms with Gasteiger partial charge in [0.2, 0.25) is 0 Å². The lowest BCUT2D eigenvalue weighted by atomic mass is 9.77. The third-order valence-electron chi connectivity index (χ3n) is 5.67. The summed E-state index contributed by atoms with van der Waals surface area (Å²) in [6.45, 7) is 7.25. The summed E-state index contributed by atoms with van der Waals surface area (Å²) in [5, 5.41) is 18.6. The predicted octanol–water partition coefficient (Wildman–Crippen LogP) is 5.34. The molecule has 3 rings (SSSR count). The Morgan fingerprint density at radius 1 is 1.26 bits per heavy atom. The molecule has 1 heterocycles. The second kappa shape index (κ2) is 10.6. The maximum absolute atomic E-state index is 14.9. The number of halogens is 1. The topological polar surface area (TPSA) is 108 Å². The number of alkyl carbamates (subject to hydrolysis) is 1. The zero-order chi connectivity index (χ0) is 24.9. The molecule has 0 saturated heterocycles. The molecule has 0 bridgehead atoms. The molecule has 1 aromatic heterocycles. The van der Waals surface area contributed by atoms with Crippen LogP contribution >= 0.6 is 0 Å². The van der Waals surface area contributed by atoms with Crippen LogP contribution in [0, 0.1) is 23.1 Å². The van der Waals surface area contributed by atoms with E-state index in [1.807, 2.05) is 13.0 Å². The largest absolute Gasteiger partial charge is 0.497 e. The van der Waals surface area contributed by atoms with E-state index in [1.54, 1.807) is 52.1 Å². The molecule has 9 heteroatoms. The van der Waals surface area contributed by atoms with E-state index in [0.717, 1.165) is 25.3 Å². The Bertz CT molecular complexity index is 1060. The van der Waals surface area contributed by atoms with Gasteiger partial charge in [0, 0.05) is 17.8 Å². The first-order chi connectivity index (χ1) is 16.1. The molecule has 182 valence electrons. The maximum atomic E-state index is 14.9. The van der Waals surface area contributed by atoms with Crippen molar-refractivity contribution in [2.45, 2.75) is 64.6 Å². The fraction of sp³-hybridized carbons (Fsp3) is 0.480. The van der Waals surface area contributed by atoms with E-state index in [1.165, 1.54) is 0 Å². The second-order valence-corrected chi connectivity index (χ2v) is 9.48. The van der Waals surface area contributed by atoms with E-state index < -0.39 is 17.5 Å². The summed E-state index contributed by atoms with van der Waals surface area (Å²) < 4.78 is 25.5. The number of carbonyl (C=O) groups excluding carboxylic acids is 1. The molecule has 2 aromatic rings. The molecule has 3 N–H and O–H groups in total. The third kappa shape index (κ3) is 6.50. The highest BCUT2D eigenvalue weighted by molar-refractivity contribution is 5.68. The minimum Gasteiger partial charge on any atom is -0.497 e. The van der Waals surface area contributed by atoms with Gasteiger partial charge in [0.05, 0.1) is 18.7 Å². The number of nitrogens with one attached hydrogen (secondary N) is 3. The Hall–Kier alpha value is -3.54. The molecule has 2 atom stereocenters. The number of ether oxygens (including phenoxy) is 2. The lowest BCUT2D eigenvalue weighted by molar-refractivity contribution is 0.0492. The number of rotatable bonds is 8. The monoisotopic (exact) mass is 469 g/mol. The number of hydrogen-bond donors (Lipinski definition) is 3. The molecule has 8 nitrogen and oxygen atoms in total. The Morgan fingerprint density at radius 2 is 2.00 bits per heavy atom. The van der Waals surface area contributed by atoms with Crippen molar-refractivity contribution in [3.8, 4) is 11.8 Å². The SMILES string of the molecule is COc1cccc(Nc2nc(N[C@H](C3CCC3)[C@H](C)NC(=O)OC(C)(C)C)c(F)cc2C#N)c1. The van der Waals surface area contributed by atoms with Gasteiger partial charge in [-0.15, -0.1) is 0 Å². The van der Waals surface area contributed by atoms with Gasteiger partial charge in [-0.25, -0.2) is 14.2 Å². The summed E-state index contributed by atoms with van der Waals surface area (Å²) >= 11 is 0. The molecule has 1 saturated carbocycles. The summed E-state index contributed by atoms with van der Waals surface area (Å²) in [5.74, 6) is 0.480. The van der Waals surface area contributed by atoms with Gasteiger partial charge in [0.25, 0.3) is 0 Å². The molecular formula is C25H32FN5O3.